The predicted octanol–water partition coefficient (Wildman–Crippen LogP) is 1.67. The van der Waals surface area contributed by atoms with Gasteiger partial charge < -0.3 is 10.1 Å². The number of aliphatic hydroxyl groups is 1. The van der Waals surface area contributed by atoms with Gasteiger partial charge in [-0.15, -0.1) is 0 Å². The van der Waals surface area contributed by atoms with E-state index in [1.165, 1.54) is 6.20 Å². The van der Waals surface area contributed by atoms with Gasteiger partial charge in [0.15, 0.2) is 0 Å². The van der Waals surface area contributed by atoms with Crippen LogP contribution < -0.4 is 5.56 Å². The summed E-state index contributed by atoms with van der Waals surface area (Å²) in [6, 6.07) is 5.12. The van der Waals surface area contributed by atoms with Crippen LogP contribution >= 0.6 is 11.6 Å². The molecule has 0 radical (unpaired) electrons. The van der Waals surface area contributed by atoms with Gasteiger partial charge in [-0.1, -0.05) is 23.7 Å². The van der Waals surface area contributed by atoms with Gasteiger partial charge in [-0.2, -0.15) is 0 Å². The number of benzene rings is 1. The van der Waals surface area contributed by atoms with Gasteiger partial charge in [0, 0.05) is 17.0 Å². The molecule has 1 aromatic carbocycles. The summed E-state index contributed by atoms with van der Waals surface area (Å²) in [6.07, 6.45) is 1.46. The number of H-pyrrole nitrogens is 1. The van der Waals surface area contributed by atoms with Gasteiger partial charge in [-0.3, -0.25) is 4.79 Å². The number of hydrogen-bond acceptors (Lipinski definition) is 2. The maximum Gasteiger partial charge on any atom is 0.255 e. The van der Waals surface area contributed by atoms with Crippen molar-refractivity contribution in [3.8, 4) is 0 Å². The van der Waals surface area contributed by atoms with E-state index in [4.69, 9.17) is 16.7 Å². The van der Waals surface area contributed by atoms with E-state index in [1.807, 2.05) is 0 Å². The molecule has 0 saturated heterocycles. The van der Waals surface area contributed by atoms with Crippen molar-refractivity contribution in [2.24, 2.45) is 0 Å². The summed E-state index contributed by atoms with van der Waals surface area (Å²) < 4.78 is 0. The topological polar surface area (TPSA) is 53.1 Å². The maximum atomic E-state index is 11.4. The van der Waals surface area contributed by atoms with E-state index in [9.17, 15) is 4.79 Å². The molecule has 4 heteroatoms. The Morgan fingerprint density at radius 2 is 2.14 bits per heavy atom. The first-order valence-electron chi connectivity index (χ1n) is 4.13. The summed E-state index contributed by atoms with van der Waals surface area (Å²) >= 11 is 5.89. The SMILES string of the molecule is O=c1[nH]cc(Cl)c2ccc(CO)cc12. The quantitative estimate of drug-likeness (QED) is 0.751. The number of rotatable bonds is 1. The van der Waals surface area contributed by atoms with Crippen molar-refractivity contribution in [2.45, 2.75) is 6.61 Å². The number of aromatic amines is 1. The van der Waals surface area contributed by atoms with Crippen LogP contribution in [-0.2, 0) is 6.61 Å². The number of pyridine rings is 1. The Morgan fingerprint density at radius 1 is 1.36 bits per heavy atom. The van der Waals surface area contributed by atoms with E-state index in [0.29, 0.717) is 21.4 Å². The lowest BCUT2D eigenvalue weighted by Gasteiger charge is -2.01. The summed E-state index contributed by atoms with van der Waals surface area (Å²) in [5, 5.41) is 10.6. The highest BCUT2D eigenvalue weighted by atomic mass is 35.5. The van der Waals surface area contributed by atoms with Crippen molar-refractivity contribution < 1.29 is 5.11 Å². The molecule has 0 amide bonds. The Balaban J connectivity index is 2.87. The van der Waals surface area contributed by atoms with E-state index in [1.54, 1.807) is 18.2 Å². The van der Waals surface area contributed by atoms with Gasteiger partial charge in [-0.25, -0.2) is 0 Å². The zero-order chi connectivity index (χ0) is 10.1. The monoisotopic (exact) mass is 209 g/mol. The molecule has 1 heterocycles. The standard InChI is InChI=1S/C10H8ClNO2/c11-9-4-12-10(14)8-3-6(5-13)1-2-7(8)9/h1-4,13H,5H2,(H,12,14). The van der Waals surface area contributed by atoms with Gasteiger partial charge in [0.1, 0.15) is 0 Å². The number of halogens is 1. The summed E-state index contributed by atoms with van der Waals surface area (Å²) in [6.45, 7) is -0.0815. The Bertz CT molecular complexity index is 533. The third-order valence-corrected chi connectivity index (χ3v) is 2.41. The second-order valence-electron chi connectivity index (χ2n) is 3.00. The van der Waals surface area contributed by atoms with Crippen LogP contribution in [0.15, 0.2) is 29.2 Å². The van der Waals surface area contributed by atoms with E-state index >= 15 is 0 Å². The molecule has 0 unspecified atom stereocenters. The smallest absolute Gasteiger partial charge is 0.255 e. The van der Waals surface area contributed by atoms with E-state index in [0.717, 1.165) is 0 Å². The Morgan fingerprint density at radius 3 is 2.86 bits per heavy atom. The highest BCUT2D eigenvalue weighted by molar-refractivity contribution is 6.35. The fourth-order valence-electron chi connectivity index (χ4n) is 1.37. The molecule has 1 aromatic heterocycles. The number of aliphatic hydroxyl groups excluding tert-OH is 1. The number of hydrogen-bond donors (Lipinski definition) is 2. The molecule has 3 nitrogen and oxygen atoms in total. The van der Waals surface area contributed by atoms with Crippen molar-refractivity contribution in [1.29, 1.82) is 0 Å². The van der Waals surface area contributed by atoms with Crippen LogP contribution in [0.2, 0.25) is 5.02 Å². The van der Waals surface area contributed by atoms with Gasteiger partial charge in [0.2, 0.25) is 0 Å². The summed E-state index contributed by atoms with van der Waals surface area (Å²) in [7, 11) is 0. The van der Waals surface area contributed by atoms with Crippen molar-refractivity contribution in [3.63, 3.8) is 0 Å². The van der Waals surface area contributed by atoms with Gasteiger partial charge in [0.25, 0.3) is 5.56 Å². The molecule has 2 N–H and O–H groups in total. The van der Waals surface area contributed by atoms with Crippen LogP contribution in [0, 0.1) is 0 Å². The van der Waals surface area contributed by atoms with Crippen molar-refractivity contribution in [3.05, 3.63) is 45.3 Å². The third-order valence-electron chi connectivity index (χ3n) is 2.10. The van der Waals surface area contributed by atoms with Crippen LogP contribution in [-0.4, -0.2) is 10.1 Å². The molecule has 72 valence electrons. The molecule has 14 heavy (non-hydrogen) atoms. The zero-order valence-corrected chi connectivity index (χ0v) is 8.01. The predicted molar refractivity (Wildman–Crippen MR) is 55.5 cm³/mol. The normalized spacial score (nSPS) is 10.7. The average Bonchev–Trinajstić information content (AvgIpc) is 2.23. The van der Waals surface area contributed by atoms with Crippen LogP contribution in [0.5, 0.6) is 0 Å². The molecule has 0 aliphatic rings. The summed E-state index contributed by atoms with van der Waals surface area (Å²) in [5.74, 6) is 0. The fraction of sp³-hybridized carbons (Fsp3) is 0.100. The molecule has 2 rings (SSSR count). The largest absolute Gasteiger partial charge is 0.392 e. The molecule has 0 bridgehead atoms. The van der Waals surface area contributed by atoms with Crippen LogP contribution in [0.4, 0.5) is 0 Å². The molecule has 0 fully saturated rings. The molecular formula is C10H8ClNO2. The van der Waals surface area contributed by atoms with Crippen molar-refractivity contribution >= 4 is 22.4 Å². The summed E-state index contributed by atoms with van der Waals surface area (Å²) in [4.78, 5) is 13.9. The molecule has 0 atom stereocenters. The summed E-state index contributed by atoms with van der Waals surface area (Å²) in [5.41, 5.74) is 0.505. The van der Waals surface area contributed by atoms with Crippen LogP contribution in [0.1, 0.15) is 5.56 Å². The molecule has 2 aromatic rings. The van der Waals surface area contributed by atoms with E-state index in [2.05, 4.69) is 4.98 Å². The first-order chi connectivity index (χ1) is 6.72. The second-order valence-corrected chi connectivity index (χ2v) is 3.41. The lowest BCUT2D eigenvalue weighted by molar-refractivity contribution is 0.282. The maximum absolute atomic E-state index is 11.4. The lowest BCUT2D eigenvalue weighted by Crippen LogP contribution is -2.05. The van der Waals surface area contributed by atoms with Gasteiger partial charge in [-0.05, 0) is 11.6 Å². The zero-order valence-electron chi connectivity index (χ0n) is 7.25. The highest BCUT2D eigenvalue weighted by Gasteiger charge is 2.03. The second kappa shape index (κ2) is 3.44. The first kappa shape index (κ1) is 9.24. The lowest BCUT2D eigenvalue weighted by atomic mass is 10.1. The van der Waals surface area contributed by atoms with E-state index in [-0.39, 0.29) is 12.2 Å². The van der Waals surface area contributed by atoms with Gasteiger partial charge >= 0.3 is 0 Å². The minimum Gasteiger partial charge on any atom is -0.392 e. The van der Waals surface area contributed by atoms with Crippen LogP contribution in [0.3, 0.4) is 0 Å². The number of nitrogens with one attached hydrogen (secondary N) is 1. The first-order valence-corrected chi connectivity index (χ1v) is 4.51. The minimum absolute atomic E-state index is 0.0815. The Labute approximate surface area is 85.0 Å². The van der Waals surface area contributed by atoms with Crippen molar-refractivity contribution in [2.75, 3.05) is 0 Å². The van der Waals surface area contributed by atoms with Gasteiger partial charge in [0.05, 0.1) is 11.6 Å². The Kier molecular flexibility index (Phi) is 2.27. The molecular weight excluding hydrogens is 202 g/mol. The average molecular weight is 210 g/mol. The molecule has 0 aliphatic heterocycles. The molecule has 0 spiro atoms. The number of fused-ring (bicyclic) bond motifs is 1. The molecule has 0 aliphatic carbocycles. The Hall–Kier alpha value is -1.32. The van der Waals surface area contributed by atoms with Crippen LogP contribution in [0.25, 0.3) is 10.8 Å². The van der Waals surface area contributed by atoms with Crippen molar-refractivity contribution in [1.82, 2.24) is 4.98 Å². The number of aromatic nitrogens is 1. The fourth-order valence-corrected chi connectivity index (χ4v) is 1.59. The third kappa shape index (κ3) is 1.41. The molecule has 0 saturated carbocycles. The van der Waals surface area contributed by atoms with E-state index < -0.39 is 0 Å². The minimum atomic E-state index is -0.195. The highest BCUT2D eigenvalue weighted by Crippen LogP contribution is 2.20.